The summed E-state index contributed by atoms with van der Waals surface area (Å²) in [5.41, 5.74) is -0.618. The van der Waals surface area contributed by atoms with Crippen molar-refractivity contribution in [1.82, 2.24) is 14.9 Å². The Balaban J connectivity index is 2.51. The second kappa shape index (κ2) is 10.0. The number of pyridine rings is 1. The Morgan fingerprint density at radius 1 is 1.43 bits per heavy atom. The first kappa shape index (κ1) is 23.1. The van der Waals surface area contributed by atoms with E-state index in [4.69, 9.17) is 0 Å². The van der Waals surface area contributed by atoms with Gasteiger partial charge in [-0.15, -0.1) is 11.3 Å². The molecule has 0 bridgehead atoms. The summed E-state index contributed by atoms with van der Waals surface area (Å²) in [6.07, 6.45) is 3.20. The third-order valence-electron chi connectivity index (χ3n) is 4.11. The second-order valence-electron chi connectivity index (χ2n) is 7.05. The van der Waals surface area contributed by atoms with Gasteiger partial charge in [0.15, 0.2) is 5.57 Å². The maximum Gasteiger partial charge on any atom is 0.270 e. The minimum absolute atomic E-state index is 0.168. The number of hydrogen-bond donors (Lipinski definition) is 4. The zero-order chi connectivity index (χ0) is 22.3. The number of nitriles is 1. The molecule has 0 unspecified atom stereocenters. The maximum atomic E-state index is 12.8. The van der Waals surface area contributed by atoms with Gasteiger partial charge in [-0.3, -0.25) is 14.2 Å². The number of anilines is 2. The highest BCUT2D eigenvalue weighted by molar-refractivity contribution is 7.07. The molecule has 2 rings (SSSR count). The van der Waals surface area contributed by atoms with Crippen LogP contribution in [0.1, 0.15) is 27.7 Å². The summed E-state index contributed by atoms with van der Waals surface area (Å²) in [6, 6.07) is 5.47. The van der Waals surface area contributed by atoms with E-state index < -0.39 is 11.4 Å². The third-order valence-corrected chi connectivity index (χ3v) is 5.24. The Kier molecular flexibility index (Phi) is 7.74. The van der Waals surface area contributed by atoms with Gasteiger partial charge < -0.3 is 21.1 Å². The van der Waals surface area contributed by atoms with Crippen LogP contribution in [-0.4, -0.2) is 39.3 Å². The average Bonchev–Trinajstić information content (AvgIpc) is 3.02. The second-order valence-corrected chi connectivity index (χ2v) is 8.08. The van der Waals surface area contributed by atoms with E-state index in [9.17, 15) is 20.0 Å². The van der Waals surface area contributed by atoms with Gasteiger partial charge in [-0.05, 0) is 33.8 Å². The number of aromatic nitrogens is 2. The Morgan fingerprint density at radius 3 is 2.77 bits per heavy atom. The summed E-state index contributed by atoms with van der Waals surface area (Å²) in [6.45, 7) is 7.77. The molecule has 30 heavy (non-hydrogen) atoms. The molecule has 0 aromatic carbocycles. The molecular weight excluding hydrogens is 404 g/mol. The van der Waals surface area contributed by atoms with E-state index in [1.165, 1.54) is 4.57 Å². The van der Waals surface area contributed by atoms with E-state index in [2.05, 4.69) is 20.9 Å². The first-order chi connectivity index (χ1) is 14.3. The normalized spacial score (nSPS) is 12.9. The first-order valence-electron chi connectivity index (χ1n) is 9.50. The van der Waals surface area contributed by atoms with E-state index in [1.54, 1.807) is 39.2 Å². The summed E-state index contributed by atoms with van der Waals surface area (Å²) in [5, 5.41) is 27.7. The van der Waals surface area contributed by atoms with Crippen molar-refractivity contribution in [3.63, 3.8) is 0 Å². The monoisotopic (exact) mass is 430 g/mol. The van der Waals surface area contributed by atoms with Gasteiger partial charge in [-0.25, -0.2) is 4.98 Å². The van der Waals surface area contributed by atoms with E-state index in [0.29, 0.717) is 16.9 Å². The lowest BCUT2D eigenvalue weighted by Gasteiger charge is -2.22. The zero-order valence-electron chi connectivity index (χ0n) is 17.4. The molecule has 0 atom stereocenters. The molecule has 0 aliphatic heterocycles. The van der Waals surface area contributed by atoms with Crippen LogP contribution in [0, 0.1) is 11.3 Å². The van der Waals surface area contributed by atoms with E-state index in [-0.39, 0.29) is 22.4 Å². The van der Waals surface area contributed by atoms with Crippen LogP contribution in [0.2, 0.25) is 0 Å². The van der Waals surface area contributed by atoms with Crippen molar-refractivity contribution in [3.05, 3.63) is 37.9 Å². The lowest BCUT2D eigenvalue weighted by Crippen LogP contribution is -2.47. The Bertz CT molecular complexity index is 1130. The number of carbonyl (C=O) groups is 1. The third kappa shape index (κ3) is 5.46. The molecule has 2 heterocycles. The first-order valence-corrected chi connectivity index (χ1v) is 10.3. The van der Waals surface area contributed by atoms with Crippen molar-refractivity contribution in [2.75, 3.05) is 23.8 Å². The largest absolute Gasteiger partial charge is 0.394 e. The number of rotatable bonds is 8. The smallest absolute Gasteiger partial charge is 0.270 e. The Hall–Kier alpha value is -3.16. The summed E-state index contributed by atoms with van der Waals surface area (Å²) >= 11 is 1.06. The van der Waals surface area contributed by atoms with Gasteiger partial charge in [0, 0.05) is 37.2 Å². The van der Waals surface area contributed by atoms with Crippen molar-refractivity contribution >= 4 is 40.5 Å². The van der Waals surface area contributed by atoms with Crippen LogP contribution in [0.15, 0.2) is 23.1 Å². The van der Waals surface area contributed by atoms with E-state index in [0.717, 1.165) is 23.6 Å². The van der Waals surface area contributed by atoms with Crippen LogP contribution >= 0.6 is 11.3 Å². The molecule has 1 amide bonds. The van der Waals surface area contributed by atoms with Crippen molar-refractivity contribution in [3.8, 4) is 6.07 Å². The topological polar surface area (TPSA) is 132 Å². The molecule has 0 aliphatic rings. The standard InChI is InChI=1S/C20H26N6O3S/c1-5-22-16-9-13(7-8-23-16)24-11-15-18(29)26(6-2)19(30-15)14(10-21)17(28)25-20(3,4)12-27/h7-9,11,27H,5-6,12H2,1-4H3,(H,25,28)(H2,22,23,24). The van der Waals surface area contributed by atoms with Gasteiger partial charge in [-0.1, -0.05) is 0 Å². The number of nitrogens with one attached hydrogen (secondary N) is 3. The van der Waals surface area contributed by atoms with Crippen LogP contribution in [0.3, 0.4) is 0 Å². The molecule has 0 radical (unpaired) electrons. The molecule has 10 heteroatoms. The van der Waals surface area contributed by atoms with E-state index in [1.807, 2.05) is 19.1 Å². The highest BCUT2D eigenvalue weighted by atomic mass is 32.1. The lowest BCUT2D eigenvalue weighted by atomic mass is 10.1. The number of aliphatic hydroxyl groups is 1. The molecule has 9 nitrogen and oxygen atoms in total. The van der Waals surface area contributed by atoms with Crippen LogP contribution in [-0.2, 0) is 11.3 Å². The molecule has 2 aromatic heterocycles. The Morgan fingerprint density at radius 2 is 2.17 bits per heavy atom. The van der Waals surface area contributed by atoms with Crippen molar-refractivity contribution < 1.29 is 9.90 Å². The number of carbonyl (C=O) groups excluding carboxylic acids is 1. The molecule has 2 aromatic rings. The molecule has 4 N–H and O–H groups in total. The van der Waals surface area contributed by atoms with E-state index >= 15 is 0 Å². The SMILES string of the molecule is CCNc1cc(NC=c2sc(=C(C#N)C(=O)NC(C)(C)CO)n(CC)c2=O)ccn1. The summed E-state index contributed by atoms with van der Waals surface area (Å²) in [4.78, 5) is 29.6. The average molecular weight is 431 g/mol. The zero-order valence-corrected chi connectivity index (χ0v) is 18.3. The molecule has 0 aliphatic carbocycles. The predicted molar refractivity (Wildman–Crippen MR) is 118 cm³/mol. The number of nitrogens with zero attached hydrogens (tertiary/aromatic N) is 3. The number of thiazole rings is 1. The highest BCUT2D eigenvalue weighted by Gasteiger charge is 2.23. The Labute approximate surface area is 178 Å². The van der Waals surface area contributed by atoms with Crippen LogP contribution in [0.5, 0.6) is 0 Å². The fourth-order valence-electron chi connectivity index (χ4n) is 2.54. The summed E-state index contributed by atoms with van der Waals surface area (Å²) < 4.78 is 2.02. The molecule has 0 saturated carbocycles. The quantitative estimate of drug-likeness (QED) is 0.469. The summed E-state index contributed by atoms with van der Waals surface area (Å²) in [7, 11) is 0. The van der Waals surface area contributed by atoms with Crippen molar-refractivity contribution in [2.45, 2.75) is 39.8 Å². The fourth-order valence-corrected chi connectivity index (χ4v) is 3.63. The van der Waals surface area contributed by atoms with Crippen molar-refractivity contribution in [2.24, 2.45) is 0 Å². The number of hydrogen-bond acceptors (Lipinski definition) is 8. The maximum absolute atomic E-state index is 12.8. The van der Waals surface area contributed by atoms with Crippen LogP contribution in [0.25, 0.3) is 11.8 Å². The van der Waals surface area contributed by atoms with Gasteiger partial charge in [0.1, 0.15) is 21.1 Å². The van der Waals surface area contributed by atoms with Gasteiger partial charge >= 0.3 is 0 Å². The molecular formula is C20H26N6O3S. The van der Waals surface area contributed by atoms with Gasteiger partial charge in [0.25, 0.3) is 11.5 Å². The minimum Gasteiger partial charge on any atom is -0.394 e. The van der Waals surface area contributed by atoms with Crippen molar-refractivity contribution in [1.29, 1.82) is 5.26 Å². The van der Waals surface area contributed by atoms with Gasteiger partial charge in [-0.2, -0.15) is 5.26 Å². The minimum atomic E-state index is -0.893. The predicted octanol–water partition coefficient (Wildman–Crippen LogP) is 0.168. The molecule has 0 saturated heterocycles. The molecule has 0 spiro atoms. The van der Waals surface area contributed by atoms with Crippen LogP contribution in [0.4, 0.5) is 11.5 Å². The lowest BCUT2D eigenvalue weighted by molar-refractivity contribution is -0.117. The highest BCUT2D eigenvalue weighted by Crippen LogP contribution is 2.11. The van der Waals surface area contributed by atoms with Crippen LogP contribution < -0.4 is 30.7 Å². The number of aliphatic hydroxyl groups excluding tert-OH is 1. The summed E-state index contributed by atoms with van der Waals surface area (Å²) in [5.74, 6) is 0.0703. The number of amides is 1. The molecule has 160 valence electrons. The molecule has 0 fully saturated rings. The van der Waals surface area contributed by atoms with Gasteiger partial charge in [0.2, 0.25) is 0 Å². The fraction of sp³-hybridized carbons (Fsp3) is 0.400. The van der Waals surface area contributed by atoms with Gasteiger partial charge in [0.05, 0.1) is 12.1 Å².